The number of nitro groups is 1. The van der Waals surface area contributed by atoms with Gasteiger partial charge >= 0.3 is 0 Å². The van der Waals surface area contributed by atoms with Gasteiger partial charge in [-0.05, 0) is 67.3 Å². The summed E-state index contributed by atoms with van der Waals surface area (Å²) in [7, 11) is 1.57. The summed E-state index contributed by atoms with van der Waals surface area (Å²) in [6.45, 7) is 0. The number of fused-ring (bicyclic) bond motifs is 3. The normalized spacial score (nSPS) is 13.5. The molecule has 7 nitrogen and oxygen atoms in total. The van der Waals surface area contributed by atoms with E-state index in [0.717, 1.165) is 43.0 Å². The molecule has 1 aromatic carbocycles. The molecule has 0 saturated carbocycles. The van der Waals surface area contributed by atoms with Gasteiger partial charge in [-0.2, -0.15) is 0 Å². The molecule has 0 aliphatic heterocycles. The van der Waals surface area contributed by atoms with Crippen molar-refractivity contribution >= 4 is 33.3 Å². The molecule has 0 bridgehead atoms. The maximum atomic E-state index is 13.4. The number of benzene rings is 1. The van der Waals surface area contributed by atoms with Crippen molar-refractivity contribution in [3.05, 3.63) is 55.2 Å². The van der Waals surface area contributed by atoms with Crippen LogP contribution >= 0.6 is 23.1 Å². The van der Waals surface area contributed by atoms with E-state index in [1.165, 1.54) is 9.44 Å². The minimum Gasteiger partial charge on any atom is -0.497 e. The summed E-state index contributed by atoms with van der Waals surface area (Å²) >= 11 is 2.51. The second-order valence-corrected chi connectivity index (χ2v) is 8.23. The van der Waals surface area contributed by atoms with Crippen molar-refractivity contribution in [3.8, 4) is 11.4 Å². The molecular formula is C18H17N3O4S2. The van der Waals surface area contributed by atoms with E-state index in [4.69, 9.17) is 4.74 Å². The van der Waals surface area contributed by atoms with Crippen molar-refractivity contribution in [1.29, 1.82) is 0 Å². The summed E-state index contributed by atoms with van der Waals surface area (Å²) in [5.74, 6) is 0.326. The minimum absolute atomic E-state index is 0.157. The van der Waals surface area contributed by atoms with Gasteiger partial charge in [0, 0.05) is 9.80 Å². The van der Waals surface area contributed by atoms with Gasteiger partial charge in [-0.3, -0.25) is 19.5 Å². The Hall–Kier alpha value is -2.39. The molecule has 0 fully saturated rings. The van der Waals surface area contributed by atoms with Gasteiger partial charge in [-0.1, -0.05) is 0 Å². The minimum atomic E-state index is -0.418. The first-order valence-corrected chi connectivity index (χ1v) is 10.3. The summed E-state index contributed by atoms with van der Waals surface area (Å²) in [4.78, 5) is 30.4. The monoisotopic (exact) mass is 403 g/mol. The highest BCUT2D eigenvalue weighted by Crippen LogP contribution is 2.35. The lowest BCUT2D eigenvalue weighted by Crippen LogP contribution is -2.22. The van der Waals surface area contributed by atoms with Gasteiger partial charge in [-0.25, -0.2) is 4.98 Å². The van der Waals surface area contributed by atoms with Crippen LogP contribution in [0.2, 0.25) is 0 Å². The van der Waals surface area contributed by atoms with Crippen LogP contribution in [0.3, 0.4) is 0 Å². The number of aromatic nitrogens is 2. The molecule has 0 radical (unpaired) electrons. The fraction of sp³-hybridized carbons (Fsp3) is 0.333. The van der Waals surface area contributed by atoms with Crippen LogP contribution in [-0.2, 0) is 12.8 Å². The lowest BCUT2D eigenvalue weighted by atomic mass is 9.97. The van der Waals surface area contributed by atoms with E-state index in [2.05, 4.69) is 4.98 Å². The molecule has 9 heteroatoms. The maximum Gasteiger partial charge on any atom is 0.267 e. The van der Waals surface area contributed by atoms with Crippen molar-refractivity contribution in [2.45, 2.75) is 30.8 Å². The van der Waals surface area contributed by atoms with Crippen LogP contribution in [0.1, 0.15) is 23.3 Å². The summed E-state index contributed by atoms with van der Waals surface area (Å²) in [5, 5.41) is 11.9. The molecule has 2 heterocycles. The molecule has 0 saturated heterocycles. The van der Waals surface area contributed by atoms with Gasteiger partial charge in [-0.15, -0.1) is 11.3 Å². The Balaban J connectivity index is 1.94. The third-order valence-corrected chi connectivity index (χ3v) is 6.65. The largest absolute Gasteiger partial charge is 0.497 e. The van der Waals surface area contributed by atoms with Gasteiger partial charge in [0.25, 0.3) is 11.4 Å². The lowest BCUT2D eigenvalue weighted by Gasteiger charge is -2.13. The zero-order valence-corrected chi connectivity index (χ0v) is 16.3. The molecule has 0 N–H and O–H groups in total. The standard InChI is InChI=1S/C18H17N3O4S2/c1-25-12-8-6-11(7-9-12)21-17(22)15-13-4-2-3-5-14(13)27-16(15)19-18(21)26-10-20(23)24/h6-9H,2-5,10H2,1H3. The summed E-state index contributed by atoms with van der Waals surface area (Å²) < 4.78 is 6.66. The third kappa shape index (κ3) is 3.32. The highest BCUT2D eigenvalue weighted by Gasteiger charge is 2.23. The number of thioether (sulfide) groups is 1. The molecule has 1 aliphatic rings. The first-order valence-electron chi connectivity index (χ1n) is 8.55. The molecule has 27 heavy (non-hydrogen) atoms. The maximum absolute atomic E-state index is 13.4. The number of thiophene rings is 1. The van der Waals surface area contributed by atoms with E-state index in [1.807, 2.05) is 0 Å². The Bertz CT molecular complexity index is 1070. The highest BCUT2D eigenvalue weighted by atomic mass is 32.2. The Morgan fingerprint density at radius 3 is 2.74 bits per heavy atom. The average Bonchev–Trinajstić information content (AvgIpc) is 3.05. The van der Waals surface area contributed by atoms with E-state index < -0.39 is 4.92 Å². The van der Waals surface area contributed by atoms with E-state index in [-0.39, 0.29) is 11.4 Å². The molecule has 3 aromatic rings. The summed E-state index contributed by atoms with van der Waals surface area (Å²) in [6.07, 6.45) is 4.04. The molecule has 0 amide bonds. The SMILES string of the molecule is COc1ccc(-n2c(SC[N+](=O)[O-])nc3sc4c(c3c2=O)CCCC4)cc1. The predicted octanol–water partition coefficient (Wildman–Crippen LogP) is 3.66. The van der Waals surface area contributed by atoms with Crippen LogP contribution in [0.4, 0.5) is 0 Å². The second kappa shape index (κ2) is 7.32. The Kier molecular flexibility index (Phi) is 4.88. The first kappa shape index (κ1) is 18.0. The molecule has 0 atom stereocenters. The van der Waals surface area contributed by atoms with Crippen molar-refractivity contribution in [2.24, 2.45) is 0 Å². The summed E-state index contributed by atoms with van der Waals surface area (Å²) in [6, 6.07) is 7.06. The van der Waals surface area contributed by atoms with Crippen LogP contribution in [0.25, 0.3) is 15.9 Å². The fourth-order valence-electron chi connectivity index (χ4n) is 3.35. The highest BCUT2D eigenvalue weighted by molar-refractivity contribution is 7.99. The summed E-state index contributed by atoms with van der Waals surface area (Å²) in [5.41, 5.74) is 1.57. The smallest absolute Gasteiger partial charge is 0.267 e. The van der Waals surface area contributed by atoms with Gasteiger partial charge in [0.05, 0.1) is 18.2 Å². The Morgan fingerprint density at radius 2 is 2.04 bits per heavy atom. The number of aryl methyl sites for hydroxylation is 2. The molecule has 0 unspecified atom stereocenters. The quantitative estimate of drug-likeness (QED) is 0.212. The Morgan fingerprint density at radius 1 is 1.30 bits per heavy atom. The number of methoxy groups -OCH3 is 1. The number of hydrogen-bond acceptors (Lipinski definition) is 7. The van der Waals surface area contributed by atoms with Crippen LogP contribution in [0.15, 0.2) is 34.2 Å². The number of hydrogen-bond donors (Lipinski definition) is 0. The first-order chi connectivity index (χ1) is 13.1. The molecule has 4 rings (SSSR count). The fourth-order valence-corrected chi connectivity index (χ4v) is 5.36. The zero-order valence-electron chi connectivity index (χ0n) is 14.6. The van der Waals surface area contributed by atoms with E-state index in [0.29, 0.717) is 26.8 Å². The van der Waals surface area contributed by atoms with Crippen LogP contribution in [-0.4, -0.2) is 27.5 Å². The van der Waals surface area contributed by atoms with Crippen molar-refractivity contribution < 1.29 is 9.66 Å². The third-order valence-electron chi connectivity index (χ3n) is 4.59. The predicted molar refractivity (Wildman–Crippen MR) is 106 cm³/mol. The number of rotatable bonds is 5. The molecule has 2 aromatic heterocycles. The second-order valence-electron chi connectivity index (χ2n) is 6.23. The molecule has 1 aliphatic carbocycles. The number of nitrogens with zero attached hydrogens (tertiary/aromatic N) is 3. The van der Waals surface area contributed by atoms with E-state index >= 15 is 0 Å². The van der Waals surface area contributed by atoms with E-state index in [9.17, 15) is 14.9 Å². The van der Waals surface area contributed by atoms with E-state index in [1.54, 1.807) is 42.7 Å². The van der Waals surface area contributed by atoms with Crippen molar-refractivity contribution in [3.63, 3.8) is 0 Å². The number of ether oxygens (including phenoxy) is 1. The van der Waals surface area contributed by atoms with Gasteiger partial charge < -0.3 is 4.74 Å². The van der Waals surface area contributed by atoms with Gasteiger partial charge in [0.1, 0.15) is 10.6 Å². The molecule has 140 valence electrons. The van der Waals surface area contributed by atoms with Crippen molar-refractivity contribution in [2.75, 3.05) is 13.0 Å². The van der Waals surface area contributed by atoms with Crippen molar-refractivity contribution in [1.82, 2.24) is 9.55 Å². The lowest BCUT2D eigenvalue weighted by molar-refractivity contribution is -0.456. The zero-order chi connectivity index (χ0) is 19.0. The Labute approximate surface area is 163 Å². The van der Waals surface area contributed by atoms with Crippen LogP contribution < -0.4 is 10.3 Å². The van der Waals surface area contributed by atoms with Crippen LogP contribution in [0, 0.1) is 10.1 Å². The topological polar surface area (TPSA) is 87.3 Å². The van der Waals surface area contributed by atoms with Gasteiger partial charge in [0.15, 0.2) is 5.16 Å². The molecule has 0 spiro atoms. The average molecular weight is 403 g/mol. The molecular weight excluding hydrogens is 386 g/mol. The van der Waals surface area contributed by atoms with Gasteiger partial charge in [0.2, 0.25) is 0 Å². The van der Waals surface area contributed by atoms with Crippen LogP contribution in [0.5, 0.6) is 5.75 Å².